The number of nitrogens with one attached hydrogen (secondary N) is 2. The van der Waals surface area contributed by atoms with Gasteiger partial charge in [0.1, 0.15) is 5.75 Å². The Labute approximate surface area is 158 Å². The lowest BCUT2D eigenvalue weighted by molar-refractivity contribution is -0.123. The summed E-state index contributed by atoms with van der Waals surface area (Å²) in [5, 5.41) is 5.80. The molecule has 2 aromatic carbocycles. The summed E-state index contributed by atoms with van der Waals surface area (Å²) in [4.78, 5) is 23.7. The van der Waals surface area contributed by atoms with E-state index < -0.39 is 0 Å². The van der Waals surface area contributed by atoms with Crippen LogP contribution >= 0.6 is 11.6 Å². The van der Waals surface area contributed by atoms with Crippen molar-refractivity contribution in [3.05, 3.63) is 64.7 Å². The van der Waals surface area contributed by atoms with Gasteiger partial charge < -0.3 is 15.4 Å². The van der Waals surface area contributed by atoms with E-state index in [9.17, 15) is 9.59 Å². The summed E-state index contributed by atoms with van der Waals surface area (Å²) in [6.45, 7) is 2.69. The van der Waals surface area contributed by atoms with Gasteiger partial charge in [-0.25, -0.2) is 0 Å². The maximum atomic E-state index is 12.0. The van der Waals surface area contributed by atoms with Crippen molar-refractivity contribution in [1.82, 2.24) is 10.6 Å². The molecule has 0 unspecified atom stereocenters. The van der Waals surface area contributed by atoms with Gasteiger partial charge in [-0.05, 0) is 36.2 Å². The Hall–Kier alpha value is -2.53. The van der Waals surface area contributed by atoms with Crippen LogP contribution in [0.15, 0.2) is 48.5 Å². The molecule has 0 radical (unpaired) electrons. The third-order valence-electron chi connectivity index (χ3n) is 3.68. The number of halogens is 1. The molecule has 0 aliphatic heterocycles. The molecule has 138 valence electrons. The van der Waals surface area contributed by atoms with Gasteiger partial charge in [-0.1, -0.05) is 49.2 Å². The van der Waals surface area contributed by atoms with E-state index in [4.69, 9.17) is 16.3 Å². The van der Waals surface area contributed by atoms with Crippen LogP contribution < -0.4 is 15.4 Å². The normalized spacial score (nSPS) is 10.2. The fourth-order valence-electron chi connectivity index (χ4n) is 2.36. The van der Waals surface area contributed by atoms with Gasteiger partial charge in [-0.3, -0.25) is 9.59 Å². The third kappa shape index (κ3) is 6.41. The van der Waals surface area contributed by atoms with E-state index in [1.807, 2.05) is 24.3 Å². The Bertz CT molecular complexity index is 732. The number of aryl methyl sites for hydroxylation is 1. The second-order valence-corrected chi connectivity index (χ2v) is 6.18. The second kappa shape index (κ2) is 10.5. The molecular weight excluding hydrogens is 352 g/mol. The highest BCUT2D eigenvalue weighted by Gasteiger charge is 2.09. The van der Waals surface area contributed by atoms with Crippen molar-refractivity contribution < 1.29 is 14.3 Å². The Morgan fingerprint density at radius 2 is 1.69 bits per heavy atom. The Morgan fingerprint density at radius 3 is 2.38 bits per heavy atom. The first-order valence-corrected chi connectivity index (χ1v) is 8.99. The van der Waals surface area contributed by atoms with Crippen molar-refractivity contribution in [2.45, 2.75) is 19.8 Å². The van der Waals surface area contributed by atoms with Crippen LogP contribution in [0.3, 0.4) is 0 Å². The molecule has 6 heteroatoms. The average molecular weight is 375 g/mol. The van der Waals surface area contributed by atoms with Crippen LogP contribution in [-0.2, 0) is 11.2 Å². The van der Waals surface area contributed by atoms with Crippen LogP contribution in [0, 0.1) is 0 Å². The summed E-state index contributed by atoms with van der Waals surface area (Å²) >= 11 is 5.96. The maximum Gasteiger partial charge on any atom is 0.258 e. The van der Waals surface area contributed by atoms with Gasteiger partial charge in [0.2, 0.25) is 0 Å². The molecule has 0 bridgehead atoms. The number of hydrogen-bond donors (Lipinski definition) is 2. The lowest BCUT2D eigenvalue weighted by Gasteiger charge is -2.09. The maximum absolute atomic E-state index is 12.0. The van der Waals surface area contributed by atoms with Crippen molar-refractivity contribution in [3.63, 3.8) is 0 Å². The smallest absolute Gasteiger partial charge is 0.258 e. The lowest BCUT2D eigenvalue weighted by Crippen LogP contribution is -2.36. The minimum atomic E-state index is -0.270. The van der Waals surface area contributed by atoms with Crippen LogP contribution in [-0.4, -0.2) is 31.5 Å². The topological polar surface area (TPSA) is 67.4 Å². The molecule has 0 atom stereocenters. The van der Waals surface area contributed by atoms with Gasteiger partial charge in [0, 0.05) is 13.1 Å². The van der Waals surface area contributed by atoms with E-state index >= 15 is 0 Å². The van der Waals surface area contributed by atoms with Crippen LogP contribution in [0.2, 0.25) is 5.02 Å². The molecule has 2 rings (SSSR count). The van der Waals surface area contributed by atoms with Crippen LogP contribution in [0.5, 0.6) is 5.75 Å². The third-order valence-corrected chi connectivity index (χ3v) is 4.01. The molecule has 2 aromatic rings. The summed E-state index contributed by atoms with van der Waals surface area (Å²) < 4.78 is 5.45. The molecule has 0 fully saturated rings. The molecule has 2 amide bonds. The molecule has 0 saturated heterocycles. The van der Waals surface area contributed by atoms with Gasteiger partial charge in [-0.15, -0.1) is 0 Å². The first-order valence-electron chi connectivity index (χ1n) is 8.61. The SMILES string of the molecule is CCCc1ccc(OCC(=O)NCCNC(=O)c2ccccc2Cl)cc1. The Kier molecular flexibility index (Phi) is 7.96. The van der Waals surface area contributed by atoms with Crippen LogP contribution in [0.1, 0.15) is 29.3 Å². The van der Waals surface area contributed by atoms with Gasteiger partial charge >= 0.3 is 0 Å². The fraction of sp³-hybridized carbons (Fsp3) is 0.300. The zero-order valence-corrected chi connectivity index (χ0v) is 15.5. The van der Waals surface area contributed by atoms with Gasteiger partial charge in [-0.2, -0.15) is 0 Å². The molecule has 0 aliphatic rings. The van der Waals surface area contributed by atoms with Crippen LogP contribution in [0.25, 0.3) is 0 Å². The van der Waals surface area contributed by atoms with Crippen molar-refractivity contribution in [2.75, 3.05) is 19.7 Å². The van der Waals surface area contributed by atoms with E-state index in [0.29, 0.717) is 29.4 Å². The minimum Gasteiger partial charge on any atom is -0.484 e. The molecule has 5 nitrogen and oxygen atoms in total. The van der Waals surface area contributed by atoms with E-state index in [-0.39, 0.29) is 18.4 Å². The lowest BCUT2D eigenvalue weighted by atomic mass is 10.1. The highest BCUT2D eigenvalue weighted by atomic mass is 35.5. The van der Waals surface area contributed by atoms with Gasteiger partial charge in [0.15, 0.2) is 6.61 Å². The minimum absolute atomic E-state index is 0.0639. The second-order valence-electron chi connectivity index (χ2n) is 5.77. The first-order chi connectivity index (χ1) is 12.6. The Balaban J connectivity index is 1.64. The monoisotopic (exact) mass is 374 g/mol. The number of carbonyl (C=O) groups excluding carboxylic acids is 2. The Morgan fingerprint density at radius 1 is 1.00 bits per heavy atom. The molecule has 2 N–H and O–H groups in total. The molecular formula is C20H23ClN2O3. The van der Waals surface area contributed by atoms with E-state index in [0.717, 1.165) is 12.8 Å². The van der Waals surface area contributed by atoms with Crippen LogP contribution in [0.4, 0.5) is 0 Å². The largest absolute Gasteiger partial charge is 0.484 e. The fourth-order valence-corrected chi connectivity index (χ4v) is 2.58. The number of hydrogen-bond acceptors (Lipinski definition) is 3. The molecule has 0 aromatic heterocycles. The number of rotatable bonds is 9. The molecule has 0 spiro atoms. The summed E-state index contributed by atoms with van der Waals surface area (Å²) in [7, 11) is 0. The zero-order chi connectivity index (χ0) is 18.8. The highest BCUT2D eigenvalue weighted by Crippen LogP contribution is 2.14. The number of amides is 2. The number of carbonyl (C=O) groups is 2. The summed E-state index contributed by atoms with van der Waals surface area (Å²) in [5.41, 5.74) is 1.66. The molecule has 26 heavy (non-hydrogen) atoms. The predicted octanol–water partition coefficient (Wildman–Crippen LogP) is 3.22. The molecule has 0 heterocycles. The van der Waals surface area contributed by atoms with Gasteiger partial charge in [0.05, 0.1) is 10.6 Å². The zero-order valence-electron chi connectivity index (χ0n) is 14.8. The van der Waals surface area contributed by atoms with E-state index in [1.54, 1.807) is 24.3 Å². The first kappa shape index (κ1) is 19.8. The molecule has 0 saturated carbocycles. The van der Waals surface area contributed by atoms with Crippen molar-refractivity contribution in [3.8, 4) is 5.75 Å². The number of benzene rings is 2. The van der Waals surface area contributed by atoms with E-state index in [1.165, 1.54) is 5.56 Å². The standard InChI is InChI=1S/C20H23ClN2O3/c1-2-5-15-8-10-16(11-9-15)26-14-19(24)22-12-13-23-20(25)17-6-3-4-7-18(17)21/h3-4,6-11H,2,5,12-14H2,1H3,(H,22,24)(H,23,25). The molecule has 0 aliphatic carbocycles. The van der Waals surface area contributed by atoms with Crippen molar-refractivity contribution in [2.24, 2.45) is 0 Å². The summed E-state index contributed by atoms with van der Waals surface area (Å²) in [6, 6.07) is 14.5. The van der Waals surface area contributed by atoms with E-state index in [2.05, 4.69) is 17.6 Å². The quantitative estimate of drug-likeness (QED) is 0.662. The number of ether oxygens (including phenoxy) is 1. The van der Waals surface area contributed by atoms with Crippen molar-refractivity contribution in [1.29, 1.82) is 0 Å². The highest BCUT2D eigenvalue weighted by molar-refractivity contribution is 6.33. The summed E-state index contributed by atoms with van der Waals surface area (Å²) in [5.74, 6) is 0.148. The van der Waals surface area contributed by atoms with Crippen molar-refractivity contribution >= 4 is 23.4 Å². The van der Waals surface area contributed by atoms with Gasteiger partial charge in [0.25, 0.3) is 11.8 Å². The average Bonchev–Trinajstić information content (AvgIpc) is 2.65. The summed E-state index contributed by atoms with van der Waals surface area (Å²) in [6.07, 6.45) is 2.12. The predicted molar refractivity (Wildman–Crippen MR) is 103 cm³/mol.